The van der Waals surface area contributed by atoms with Crippen molar-refractivity contribution in [2.75, 3.05) is 33.5 Å². The molecule has 2 aromatic carbocycles. The molecule has 184 valence electrons. The van der Waals surface area contributed by atoms with Gasteiger partial charge in [0.05, 0.1) is 18.6 Å². The number of hydrogen-bond donors (Lipinski definition) is 2. The van der Waals surface area contributed by atoms with Gasteiger partial charge in [0.25, 0.3) is 5.91 Å². The Bertz CT molecular complexity index is 1120. The fraction of sp³-hybridized carbons (Fsp3) is 0.417. The SMILES string of the molecule is COc1cc(C(=O)NCCCOc2ccc(S(=O)(=O)C3(C(N)=O)CCOCC3)cc2)ccc1C. The molecule has 9 nitrogen and oxygen atoms in total. The molecule has 0 radical (unpaired) electrons. The van der Waals surface area contributed by atoms with Crippen molar-refractivity contribution >= 4 is 21.7 Å². The van der Waals surface area contributed by atoms with Gasteiger partial charge in [0.2, 0.25) is 5.91 Å². The maximum absolute atomic E-state index is 13.2. The minimum Gasteiger partial charge on any atom is -0.496 e. The average Bonchev–Trinajstić information content (AvgIpc) is 2.84. The first-order chi connectivity index (χ1) is 16.2. The monoisotopic (exact) mass is 490 g/mol. The molecule has 0 spiro atoms. The van der Waals surface area contributed by atoms with Gasteiger partial charge in [-0.05, 0) is 68.1 Å². The van der Waals surface area contributed by atoms with E-state index >= 15 is 0 Å². The van der Waals surface area contributed by atoms with Gasteiger partial charge in [0.15, 0.2) is 14.6 Å². The fourth-order valence-corrected chi connectivity index (χ4v) is 5.73. The Morgan fingerprint density at radius 1 is 1.12 bits per heavy atom. The molecule has 34 heavy (non-hydrogen) atoms. The number of methoxy groups -OCH3 is 1. The first-order valence-electron chi connectivity index (χ1n) is 11.0. The van der Waals surface area contributed by atoms with Gasteiger partial charge in [-0.25, -0.2) is 8.42 Å². The van der Waals surface area contributed by atoms with Crippen LogP contribution in [0.2, 0.25) is 0 Å². The van der Waals surface area contributed by atoms with Gasteiger partial charge < -0.3 is 25.3 Å². The number of nitrogens with one attached hydrogen (secondary N) is 1. The molecule has 0 bridgehead atoms. The zero-order valence-corrected chi connectivity index (χ0v) is 20.2. The second-order valence-electron chi connectivity index (χ2n) is 8.09. The highest BCUT2D eigenvalue weighted by Gasteiger charge is 2.51. The molecule has 1 saturated heterocycles. The molecule has 0 saturated carbocycles. The average molecular weight is 491 g/mol. The molecule has 3 N–H and O–H groups in total. The van der Waals surface area contributed by atoms with Crippen LogP contribution in [0.4, 0.5) is 0 Å². The topological polar surface area (TPSA) is 134 Å². The fourth-order valence-electron chi connectivity index (χ4n) is 3.82. The van der Waals surface area contributed by atoms with Gasteiger partial charge in [-0.2, -0.15) is 0 Å². The lowest BCUT2D eigenvalue weighted by molar-refractivity contribution is -0.122. The van der Waals surface area contributed by atoms with E-state index in [9.17, 15) is 18.0 Å². The molecule has 0 aromatic heterocycles. The van der Waals surface area contributed by atoms with E-state index in [1.807, 2.05) is 13.0 Å². The molecule has 0 unspecified atom stereocenters. The van der Waals surface area contributed by atoms with Crippen molar-refractivity contribution in [3.63, 3.8) is 0 Å². The molecule has 1 fully saturated rings. The molecule has 1 aliphatic rings. The first-order valence-corrected chi connectivity index (χ1v) is 12.5. The molecule has 0 aliphatic carbocycles. The second-order valence-corrected chi connectivity index (χ2v) is 10.3. The molecule has 2 aromatic rings. The van der Waals surface area contributed by atoms with Gasteiger partial charge >= 0.3 is 0 Å². The summed E-state index contributed by atoms with van der Waals surface area (Å²) in [6.07, 6.45) is 0.619. The Balaban J connectivity index is 1.51. The minimum absolute atomic E-state index is 0.0151. The van der Waals surface area contributed by atoms with Gasteiger partial charge in [-0.3, -0.25) is 9.59 Å². The summed E-state index contributed by atoms with van der Waals surface area (Å²) < 4.78 is 40.8. The van der Waals surface area contributed by atoms with Crippen LogP contribution in [0.1, 0.15) is 35.2 Å². The Morgan fingerprint density at radius 2 is 1.79 bits per heavy atom. The van der Waals surface area contributed by atoms with Crippen LogP contribution >= 0.6 is 0 Å². The van der Waals surface area contributed by atoms with Crippen molar-refractivity contribution < 1.29 is 32.2 Å². The highest BCUT2D eigenvalue weighted by Crippen LogP contribution is 2.35. The van der Waals surface area contributed by atoms with Crippen LogP contribution in [0.25, 0.3) is 0 Å². The molecule has 1 heterocycles. The zero-order chi connectivity index (χ0) is 24.8. The molecular formula is C24H30N2O7S. The number of primary amides is 1. The number of carbonyl (C=O) groups is 2. The van der Waals surface area contributed by atoms with E-state index in [2.05, 4.69) is 5.32 Å². The van der Waals surface area contributed by atoms with Crippen molar-refractivity contribution in [3.05, 3.63) is 53.6 Å². The van der Waals surface area contributed by atoms with Crippen LogP contribution in [0, 0.1) is 6.92 Å². The zero-order valence-electron chi connectivity index (χ0n) is 19.3. The van der Waals surface area contributed by atoms with Crippen LogP contribution in [0.15, 0.2) is 47.4 Å². The lowest BCUT2D eigenvalue weighted by atomic mass is 9.98. The van der Waals surface area contributed by atoms with E-state index in [1.165, 1.54) is 24.3 Å². The van der Waals surface area contributed by atoms with Crippen molar-refractivity contribution in [1.29, 1.82) is 0 Å². The number of hydrogen-bond acceptors (Lipinski definition) is 7. The molecule has 2 amide bonds. The third-order valence-electron chi connectivity index (χ3n) is 5.94. The Hall–Kier alpha value is -3.11. The summed E-state index contributed by atoms with van der Waals surface area (Å²) in [5.41, 5.74) is 6.96. The standard InChI is InChI=1S/C24H30N2O7S/c1-17-4-5-18(16-21(17)31-2)22(27)26-12-3-13-33-19-6-8-20(9-7-19)34(29,30)24(23(25)28)10-14-32-15-11-24/h4-9,16H,3,10-15H2,1-2H3,(H2,25,28)(H,26,27). The number of amides is 2. The summed E-state index contributed by atoms with van der Waals surface area (Å²) in [5.74, 6) is 0.0697. The highest BCUT2D eigenvalue weighted by molar-refractivity contribution is 7.93. The van der Waals surface area contributed by atoms with E-state index < -0.39 is 20.5 Å². The summed E-state index contributed by atoms with van der Waals surface area (Å²) in [4.78, 5) is 24.4. The molecular weight excluding hydrogens is 460 g/mol. The molecule has 0 atom stereocenters. The summed E-state index contributed by atoms with van der Waals surface area (Å²) >= 11 is 0. The van der Waals surface area contributed by atoms with Crippen molar-refractivity contribution in [2.45, 2.75) is 35.8 Å². The predicted octanol–water partition coefficient (Wildman–Crippen LogP) is 2.01. The number of sulfone groups is 1. The van der Waals surface area contributed by atoms with Crippen LogP contribution in [-0.4, -0.2) is 58.5 Å². The van der Waals surface area contributed by atoms with Gasteiger partial charge in [0, 0.05) is 25.3 Å². The summed E-state index contributed by atoms with van der Waals surface area (Å²) in [7, 11) is -2.42. The summed E-state index contributed by atoms with van der Waals surface area (Å²) in [6, 6.07) is 11.2. The Kier molecular flexibility index (Phi) is 8.16. The second kappa shape index (κ2) is 10.9. The number of rotatable bonds is 10. The Labute approximate surface area is 199 Å². The van der Waals surface area contributed by atoms with Crippen LogP contribution < -0.4 is 20.5 Å². The lowest BCUT2D eigenvalue weighted by Crippen LogP contribution is -2.53. The summed E-state index contributed by atoms with van der Waals surface area (Å²) in [6.45, 7) is 2.96. The number of aryl methyl sites for hydroxylation is 1. The molecule has 1 aliphatic heterocycles. The van der Waals surface area contributed by atoms with Crippen molar-refractivity contribution in [2.24, 2.45) is 5.73 Å². The van der Waals surface area contributed by atoms with Crippen LogP contribution in [0.3, 0.4) is 0 Å². The number of ether oxygens (including phenoxy) is 3. The minimum atomic E-state index is -3.98. The number of carbonyl (C=O) groups excluding carboxylic acids is 2. The molecule has 3 rings (SSSR count). The van der Waals surface area contributed by atoms with Crippen molar-refractivity contribution in [1.82, 2.24) is 5.32 Å². The highest BCUT2D eigenvalue weighted by atomic mass is 32.2. The largest absolute Gasteiger partial charge is 0.496 e. The predicted molar refractivity (Wildman–Crippen MR) is 126 cm³/mol. The number of nitrogens with two attached hydrogens (primary N) is 1. The third-order valence-corrected chi connectivity index (χ3v) is 8.47. The maximum atomic E-state index is 13.2. The quantitative estimate of drug-likeness (QED) is 0.487. The normalized spacial score (nSPS) is 15.4. The van der Waals surface area contributed by atoms with Crippen LogP contribution in [-0.2, 0) is 19.4 Å². The van der Waals surface area contributed by atoms with E-state index in [1.54, 1.807) is 19.2 Å². The van der Waals surface area contributed by atoms with Gasteiger partial charge in [-0.1, -0.05) is 6.07 Å². The van der Waals surface area contributed by atoms with E-state index in [0.29, 0.717) is 36.6 Å². The van der Waals surface area contributed by atoms with E-state index in [0.717, 1.165) is 5.56 Å². The van der Waals surface area contributed by atoms with E-state index in [4.69, 9.17) is 19.9 Å². The lowest BCUT2D eigenvalue weighted by Gasteiger charge is -2.33. The summed E-state index contributed by atoms with van der Waals surface area (Å²) in [5, 5.41) is 2.83. The molecule has 10 heteroatoms. The van der Waals surface area contributed by atoms with Crippen LogP contribution in [0.5, 0.6) is 11.5 Å². The maximum Gasteiger partial charge on any atom is 0.251 e. The van der Waals surface area contributed by atoms with Crippen molar-refractivity contribution in [3.8, 4) is 11.5 Å². The first kappa shape index (κ1) is 25.5. The van der Waals surface area contributed by atoms with Gasteiger partial charge in [0.1, 0.15) is 11.5 Å². The third kappa shape index (κ3) is 5.34. The number of benzene rings is 2. The van der Waals surface area contributed by atoms with Gasteiger partial charge in [-0.15, -0.1) is 0 Å². The smallest absolute Gasteiger partial charge is 0.251 e. The van der Waals surface area contributed by atoms with E-state index in [-0.39, 0.29) is 36.9 Å². The Morgan fingerprint density at radius 3 is 2.41 bits per heavy atom.